The smallest absolute Gasteiger partial charge is 0.418 e. The van der Waals surface area contributed by atoms with Crippen molar-refractivity contribution in [1.82, 2.24) is 0 Å². The van der Waals surface area contributed by atoms with Gasteiger partial charge in [0.15, 0.2) is 6.10 Å². The molecule has 24 heavy (non-hydrogen) atoms. The Morgan fingerprint density at radius 3 is 2.50 bits per heavy atom. The Bertz CT molecular complexity index is 685. The molecular formula is C14H13F3N2O5. The van der Waals surface area contributed by atoms with E-state index >= 15 is 0 Å². The molecule has 1 aliphatic carbocycles. The number of anilines is 1. The molecule has 0 unspecified atom stereocenters. The highest BCUT2D eigenvalue weighted by Gasteiger charge is 2.37. The van der Waals surface area contributed by atoms with Gasteiger partial charge in [0, 0.05) is 12.1 Å². The van der Waals surface area contributed by atoms with Crippen molar-refractivity contribution in [1.29, 1.82) is 0 Å². The molecule has 0 aliphatic heterocycles. The van der Waals surface area contributed by atoms with E-state index in [9.17, 15) is 32.9 Å². The monoisotopic (exact) mass is 346 g/mol. The second-order valence-electron chi connectivity index (χ2n) is 5.33. The number of carbonyl (C=O) groups is 2. The van der Waals surface area contributed by atoms with Gasteiger partial charge in [-0.05, 0) is 25.8 Å². The summed E-state index contributed by atoms with van der Waals surface area (Å²) in [5, 5.41) is 12.6. The Kier molecular flexibility index (Phi) is 4.76. The van der Waals surface area contributed by atoms with Gasteiger partial charge in [-0.1, -0.05) is 0 Å². The van der Waals surface area contributed by atoms with Crippen molar-refractivity contribution in [2.75, 3.05) is 5.32 Å². The molecule has 1 fully saturated rings. The normalized spacial score (nSPS) is 15.5. The molecule has 0 heterocycles. The summed E-state index contributed by atoms with van der Waals surface area (Å²) < 4.78 is 43.9. The standard InChI is InChI=1S/C14H13F3N2O5/c1-7(24-13(21)8-2-3-8)12(20)18-11-5-4-9(19(22)23)6-10(11)14(15,16)17/h4-8H,2-3H2,1H3,(H,18,20)/t7-/m1/s1. The van der Waals surface area contributed by atoms with Crippen LogP contribution in [0.2, 0.25) is 0 Å². The van der Waals surface area contributed by atoms with Crippen molar-refractivity contribution in [2.45, 2.75) is 32.0 Å². The first kappa shape index (κ1) is 17.7. The van der Waals surface area contributed by atoms with Gasteiger partial charge in [0.05, 0.1) is 22.1 Å². The maximum Gasteiger partial charge on any atom is 0.418 e. The van der Waals surface area contributed by atoms with Crippen molar-refractivity contribution >= 4 is 23.3 Å². The van der Waals surface area contributed by atoms with E-state index in [-0.39, 0.29) is 5.92 Å². The summed E-state index contributed by atoms with van der Waals surface area (Å²) >= 11 is 0. The van der Waals surface area contributed by atoms with E-state index in [2.05, 4.69) is 0 Å². The first-order chi connectivity index (χ1) is 11.1. The molecule has 7 nitrogen and oxygen atoms in total. The predicted molar refractivity (Wildman–Crippen MR) is 75.0 cm³/mol. The fourth-order valence-electron chi connectivity index (χ4n) is 1.87. The molecule has 0 spiro atoms. The highest BCUT2D eigenvalue weighted by molar-refractivity contribution is 5.96. The number of non-ortho nitro benzene ring substituents is 1. The Balaban J connectivity index is 2.16. The number of rotatable bonds is 5. The zero-order valence-corrected chi connectivity index (χ0v) is 12.4. The first-order valence-corrected chi connectivity index (χ1v) is 6.96. The van der Waals surface area contributed by atoms with E-state index < -0.39 is 46.0 Å². The molecule has 1 aliphatic rings. The van der Waals surface area contributed by atoms with Crippen LogP contribution in [0, 0.1) is 16.0 Å². The number of nitro groups is 1. The number of halogens is 3. The number of alkyl halides is 3. The molecule has 1 aromatic rings. The van der Waals surface area contributed by atoms with E-state index in [0.717, 1.165) is 12.1 Å². The van der Waals surface area contributed by atoms with Crippen LogP contribution in [0.15, 0.2) is 18.2 Å². The van der Waals surface area contributed by atoms with E-state index in [1.54, 1.807) is 0 Å². The van der Waals surface area contributed by atoms with Crippen molar-refractivity contribution in [2.24, 2.45) is 5.92 Å². The second kappa shape index (κ2) is 6.46. The van der Waals surface area contributed by atoms with Gasteiger partial charge in [-0.3, -0.25) is 19.7 Å². The van der Waals surface area contributed by atoms with E-state index in [4.69, 9.17) is 4.74 Å². The summed E-state index contributed by atoms with van der Waals surface area (Å²) in [5.74, 6) is -1.79. The molecule has 1 amide bonds. The predicted octanol–water partition coefficient (Wildman–Crippen LogP) is 2.89. The first-order valence-electron chi connectivity index (χ1n) is 6.96. The Morgan fingerprint density at radius 1 is 1.38 bits per heavy atom. The average Bonchev–Trinajstić information content (AvgIpc) is 3.30. The third-order valence-corrected chi connectivity index (χ3v) is 3.35. The molecule has 1 saturated carbocycles. The van der Waals surface area contributed by atoms with Gasteiger partial charge in [0.1, 0.15) is 0 Å². The van der Waals surface area contributed by atoms with E-state index in [0.29, 0.717) is 18.9 Å². The SMILES string of the molecule is C[C@@H](OC(=O)C1CC1)C(=O)Nc1ccc([N+](=O)[O-])cc1C(F)(F)F. The van der Waals surface area contributed by atoms with Crippen LogP contribution in [0.3, 0.4) is 0 Å². The highest BCUT2D eigenvalue weighted by Crippen LogP contribution is 2.37. The van der Waals surface area contributed by atoms with Crippen LogP contribution in [0.4, 0.5) is 24.5 Å². The van der Waals surface area contributed by atoms with Crippen LogP contribution in [-0.2, 0) is 20.5 Å². The zero-order valence-electron chi connectivity index (χ0n) is 12.4. The van der Waals surface area contributed by atoms with E-state index in [1.165, 1.54) is 6.92 Å². The van der Waals surface area contributed by atoms with Crippen LogP contribution in [-0.4, -0.2) is 22.9 Å². The minimum atomic E-state index is -4.90. The number of nitrogens with zero attached hydrogens (tertiary/aromatic N) is 1. The Labute approximate surface area is 133 Å². The fraction of sp³-hybridized carbons (Fsp3) is 0.429. The molecular weight excluding hydrogens is 333 g/mol. The summed E-state index contributed by atoms with van der Waals surface area (Å²) in [6, 6.07) is 1.95. The Morgan fingerprint density at radius 2 is 2.00 bits per heavy atom. The van der Waals surface area contributed by atoms with Crippen LogP contribution in [0.5, 0.6) is 0 Å². The third kappa shape index (κ3) is 4.21. The van der Waals surface area contributed by atoms with Gasteiger partial charge in [-0.15, -0.1) is 0 Å². The molecule has 1 N–H and O–H groups in total. The lowest BCUT2D eigenvalue weighted by Gasteiger charge is -2.16. The summed E-state index contributed by atoms with van der Waals surface area (Å²) in [6.45, 7) is 1.23. The number of carbonyl (C=O) groups excluding carboxylic acids is 2. The molecule has 0 bridgehead atoms. The summed E-state index contributed by atoms with van der Waals surface area (Å²) in [6.07, 6.45) is -4.86. The minimum absolute atomic E-state index is 0.259. The van der Waals surface area contributed by atoms with Gasteiger partial charge in [-0.25, -0.2) is 0 Å². The summed E-state index contributed by atoms with van der Waals surface area (Å²) in [4.78, 5) is 33.0. The van der Waals surface area contributed by atoms with Crippen LogP contribution in [0.25, 0.3) is 0 Å². The maximum absolute atomic E-state index is 13.0. The van der Waals surface area contributed by atoms with Crippen LogP contribution < -0.4 is 5.32 Å². The molecule has 0 saturated heterocycles. The van der Waals surface area contributed by atoms with Crippen molar-refractivity contribution in [3.63, 3.8) is 0 Å². The van der Waals surface area contributed by atoms with Gasteiger partial charge >= 0.3 is 12.1 Å². The quantitative estimate of drug-likeness (QED) is 0.502. The number of ether oxygens (including phenoxy) is 1. The second-order valence-corrected chi connectivity index (χ2v) is 5.33. The van der Waals surface area contributed by atoms with Gasteiger partial charge < -0.3 is 10.1 Å². The van der Waals surface area contributed by atoms with Crippen LogP contribution >= 0.6 is 0 Å². The zero-order chi connectivity index (χ0) is 18.1. The number of amides is 1. The maximum atomic E-state index is 13.0. The van der Waals surface area contributed by atoms with Gasteiger partial charge in [0.25, 0.3) is 11.6 Å². The number of nitrogens with one attached hydrogen (secondary N) is 1. The molecule has 130 valence electrons. The average molecular weight is 346 g/mol. The van der Waals surface area contributed by atoms with Crippen LogP contribution in [0.1, 0.15) is 25.3 Å². The molecule has 0 aromatic heterocycles. The number of hydrogen-bond donors (Lipinski definition) is 1. The molecule has 0 radical (unpaired) electrons. The lowest BCUT2D eigenvalue weighted by Crippen LogP contribution is -2.31. The van der Waals surface area contributed by atoms with Crippen molar-refractivity contribution in [3.8, 4) is 0 Å². The third-order valence-electron chi connectivity index (χ3n) is 3.35. The summed E-state index contributed by atoms with van der Waals surface area (Å²) in [7, 11) is 0. The fourth-order valence-corrected chi connectivity index (χ4v) is 1.87. The minimum Gasteiger partial charge on any atom is -0.452 e. The molecule has 10 heteroatoms. The highest BCUT2D eigenvalue weighted by atomic mass is 19.4. The molecule has 1 aromatic carbocycles. The lowest BCUT2D eigenvalue weighted by atomic mass is 10.1. The number of hydrogen-bond acceptors (Lipinski definition) is 5. The molecule has 2 rings (SSSR count). The Hall–Kier alpha value is -2.65. The van der Waals surface area contributed by atoms with Gasteiger partial charge in [-0.2, -0.15) is 13.2 Å². The number of benzene rings is 1. The lowest BCUT2D eigenvalue weighted by molar-refractivity contribution is -0.385. The number of nitro benzene ring substituents is 1. The van der Waals surface area contributed by atoms with E-state index in [1.807, 2.05) is 5.32 Å². The largest absolute Gasteiger partial charge is 0.452 e. The van der Waals surface area contributed by atoms with Gasteiger partial charge in [0.2, 0.25) is 0 Å². The molecule has 1 atom stereocenters. The summed E-state index contributed by atoms with van der Waals surface area (Å²) in [5.41, 5.74) is -2.76. The number of esters is 1. The van der Waals surface area contributed by atoms with Crippen molar-refractivity contribution < 1.29 is 32.4 Å². The van der Waals surface area contributed by atoms with Crippen molar-refractivity contribution in [3.05, 3.63) is 33.9 Å². The topological polar surface area (TPSA) is 98.5 Å².